The Kier molecular flexibility index (Phi) is 27.8. The third-order valence-corrected chi connectivity index (χ3v) is 21.0. The molecular weight excluding hydrogens is 1760 g/mol. The number of halogens is 16. The number of carboxylic acid groups (broad SMARTS) is 4. The summed E-state index contributed by atoms with van der Waals surface area (Å²) in [5, 5.41) is 34.7. The summed E-state index contributed by atoms with van der Waals surface area (Å²) in [6.07, 6.45) is 0. The molecule has 514 valence electrons. The van der Waals surface area contributed by atoms with Crippen LogP contribution >= 0.6 is 186 Å². The molecule has 0 unspecified atom stereocenters. The number of benzene rings is 4. The zero-order valence-electron chi connectivity index (χ0n) is 49.5. The van der Waals surface area contributed by atoms with E-state index in [9.17, 15) is 78.0 Å². The minimum Gasteiger partial charge on any atom is -0.480 e. The molecule has 0 bridgehead atoms. The first kappa shape index (κ1) is 85.4. The van der Waals surface area contributed by atoms with E-state index >= 15 is 0 Å². The van der Waals surface area contributed by atoms with E-state index in [1.54, 1.807) is 83.1 Å². The maximum atomic E-state index is 12.6. The number of imide groups is 4. The van der Waals surface area contributed by atoms with Gasteiger partial charge in [-0.05, 0) is 21.7 Å². The van der Waals surface area contributed by atoms with Crippen molar-refractivity contribution in [2.24, 2.45) is 21.7 Å². The predicted molar refractivity (Wildman–Crippen MR) is 351 cm³/mol. The molecule has 4 atom stereocenters. The Labute approximate surface area is 640 Å². The molecule has 2 radical (unpaired) electrons. The number of carbonyl (C=O) groups excluding carboxylic acids is 8. The molecule has 4 aliphatic rings. The van der Waals surface area contributed by atoms with E-state index in [-0.39, 0.29) is 164 Å². The zero-order valence-corrected chi connectivity index (χ0v) is 64.9. The van der Waals surface area contributed by atoms with Crippen molar-refractivity contribution < 1.29 is 117 Å². The number of hydrogen-bond acceptors (Lipinski definition) is 12. The van der Waals surface area contributed by atoms with Crippen LogP contribution in [0, 0.1) is 21.7 Å². The van der Waals surface area contributed by atoms with Gasteiger partial charge >= 0.3 is 23.9 Å². The summed E-state index contributed by atoms with van der Waals surface area (Å²) in [7, 11) is 0. The Hall–Kier alpha value is -2.79. The molecule has 0 aromatic heterocycles. The first-order valence-electron chi connectivity index (χ1n) is 25.5. The minimum atomic E-state index is -1.40. The second-order valence-electron chi connectivity index (χ2n) is 24.4. The smallest absolute Gasteiger partial charge is 0.327 e. The van der Waals surface area contributed by atoms with Crippen molar-refractivity contribution in [3.63, 3.8) is 0 Å². The molecule has 0 saturated heterocycles. The molecule has 4 aromatic carbocycles. The molecule has 4 aromatic rings. The molecule has 94 heavy (non-hydrogen) atoms. The Balaban J connectivity index is 0.000000325. The number of amides is 8. The van der Waals surface area contributed by atoms with Gasteiger partial charge in [-0.15, -0.1) is 0 Å². The standard InChI is InChI=1S/4C14H11Cl4NO4.2Rh/c4*1-14(2,3)10(13(22)23)19-11(20)4-5(12(19)21)7(16)9(18)8(17)6(4)15;;/h4*10H,1-3H3,(H,22,23);;/t4*10-;;/m1111../s1. The minimum absolute atomic E-state index is 0. The summed E-state index contributed by atoms with van der Waals surface area (Å²) in [4.78, 5) is 150. The Morgan fingerprint density at radius 3 is 0.383 bits per heavy atom. The number of hydrogen-bond donors (Lipinski definition) is 4. The van der Waals surface area contributed by atoms with Gasteiger partial charge in [-0.2, -0.15) is 0 Å². The molecule has 8 amide bonds. The summed E-state index contributed by atoms with van der Waals surface area (Å²) in [6.45, 7) is 19.1. The molecule has 38 heteroatoms. The van der Waals surface area contributed by atoms with E-state index < -0.39 is 117 Å². The van der Waals surface area contributed by atoms with Crippen molar-refractivity contribution in [1.29, 1.82) is 0 Å². The van der Waals surface area contributed by atoms with Gasteiger partial charge in [-0.25, -0.2) is 19.2 Å². The Morgan fingerprint density at radius 2 is 0.319 bits per heavy atom. The van der Waals surface area contributed by atoms with E-state index in [1.807, 2.05) is 0 Å². The molecule has 0 saturated carbocycles. The maximum absolute atomic E-state index is 12.6. The number of aliphatic carboxylic acids is 4. The molecule has 0 spiro atoms. The van der Waals surface area contributed by atoms with Crippen LogP contribution < -0.4 is 0 Å². The van der Waals surface area contributed by atoms with E-state index in [0.29, 0.717) is 19.6 Å². The van der Waals surface area contributed by atoms with Gasteiger partial charge in [0, 0.05) is 39.0 Å². The van der Waals surface area contributed by atoms with E-state index in [2.05, 4.69) is 0 Å². The van der Waals surface area contributed by atoms with Crippen molar-refractivity contribution in [2.75, 3.05) is 0 Å². The van der Waals surface area contributed by atoms with Crippen molar-refractivity contribution >= 4 is 257 Å². The summed E-state index contributed by atoms with van der Waals surface area (Å²) in [6, 6.07) is -5.61. The van der Waals surface area contributed by atoms with Gasteiger partial charge in [0.15, 0.2) is 0 Å². The summed E-state index contributed by atoms with van der Waals surface area (Å²) >= 11 is 95.4. The van der Waals surface area contributed by atoms with Crippen molar-refractivity contribution in [3.05, 3.63) is 125 Å². The number of carbonyl (C=O) groups is 12. The maximum Gasteiger partial charge on any atom is 0.327 e. The molecule has 4 heterocycles. The predicted octanol–water partition coefficient (Wildman–Crippen LogP) is 17.6. The molecule has 8 rings (SSSR count). The van der Waals surface area contributed by atoms with Crippen LogP contribution in [-0.4, -0.2) is 135 Å². The molecule has 4 N–H and O–H groups in total. The van der Waals surface area contributed by atoms with Gasteiger partial charge in [-0.3, -0.25) is 58.0 Å². The topological polar surface area (TPSA) is 299 Å². The monoisotopic (exact) mass is 1790 g/mol. The van der Waals surface area contributed by atoms with E-state index in [0.717, 1.165) is 0 Å². The SMILES string of the molecule is CC(C)(C)[C@@H](C(=O)O)N1C(=O)c2c(Cl)c(Cl)c(Cl)c(Cl)c2C1=O.CC(C)(C)[C@@H](C(=O)O)N1C(=O)c2c(Cl)c(Cl)c(Cl)c(Cl)c2C1=O.CC(C)(C)[C@@H](C(=O)O)N1C(=O)c2c(Cl)c(Cl)c(Cl)c(Cl)c2C1=O.CC(C)(C)[C@@H](C(=O)O)N1C(=O)c2c(Cl)c(Cl)c(Cl)c(Cl)c2C1=O.[Rh].[Rh]. The van der Waals surface area contributed by atoms with Crippen molar-refractivity contribution in [3.8, 4) is 0 Å². The largest absolute Gasteiger partial charge is 0.480 e. The number of fused-ring (bicyclic) bond motifs is 4. The number of carboxylic acids is 4. The zero-order chi connectivity index (χ0) is 71.4. The Bertz CT molecular complexity index is 3350. The second kappa shape index (κ2) is 30.6. The van der Waals surface area contributed by atoms with Crippen LogP contribution in [0.2, 0.25) is 80.4 Å². The van der Waals surface area contributed by atoms with Crippen LogP contribution in [0.15, 0.2) is 0 Å². The van der Waals surface area contributed by atoms with Crippen LogP contribution in [0.25, 0.3) is 0 Å². The quantitative estimate of drug-likeness (QED) is 0.0551. The van der Waals surface area contributed by atoms with Crippen LogP contribution in [0.4, 0.5) is 0 Å². The normalized spacial score (nSPS) is 15.5. The molecular formula is C56H44Cl16N4O16Rh2. The average Bonchev–Trinajstić information content (AvgIpc) is 1.61. The molecule has 4 aliphatic heterocycles. The third-order valence-electron chi connectivity index (χ3n) is 13.8. The van der Waals surface area contributed by atoms with Crippen LogP contribution in [0.5, 0.6) is 0 Å². The number of rotatable bonds is 8. The fourth-order valence-corrected chi connectivity index (χ4v) is 13.9. The first-order chi connectivity index (χ1) is 41.6. The van der Waals surface area contributed by atoms with Crippen molar-refractivity contribution in [2.45, 2.75) is 107 Å². The van der Waals surface area contributed by atoms with Crippen LogP contribution in [0.3, 0.4) is 0 Å². The van der Waals surface area contributed by atoms with Gasteiger partial charge in [0.05, 0.1) is 125 Å². The Morgan fingerprint density at radius 1 is 0.234 bits per heavy atom. The fraction of sp³-hybridized carbons (Fsp3) is 0.357. The van der Waals surface area contributed by atoms with E-state index in [4.69, 9.17) is 186 Å². The summed E-state index contributed by atoms with van der Waals surface area (Å²) in [5.41, 5.74) is -5.48. The summed E-state index contributed by atoms with van der Waals surface area (Å²) < 4.78 is 0. The molecule has 20 nitrogen and oxygen atoms in total. The van der Waals surface area contributed by atoms with Gasteiger partial charge in [0.1, 0.15) is 24.2 Å². The second-order valence-corrected chi connectivity index (χ2v) is 30.4. The third kappa shape index (κ3) is 15.3. The van der Waals surface area contributed by atoms with Crippen LogP contribution in [0.1, 0.15) is 166 Å². The number of nitrogens with zero attached hydrogens (tertiary/aromatic N) is 4. The fourth-order valence-electron chi connectivity index (χ4n) is 9.88. The van der Waals surface area contributed by atoms with Gasteiger partial charge in [0.2, 0.25) is 0 Å². The van der Waals surface area contributed by atoms with Gasteiger partial charge < -0.3 is 20.4 Å². The van der Waals surface area contributed by atoms with Crippen LogP contribution in [-0.2, 0) is 58.1 Å². The van der Waals surface area contributed by atoms with Gasteiger partial charge in [0.25, 0.3) is 47.3 Å². The molecule has 0 aliphatic carbocycles. The van der Waals surface area contributed by atoms with Crippen molar-refractivity contribution in [1.82, 2.24) is 19.6 Å². The van der Waals surface area contributed by atoms with E-state index in [1.165, 1.54) is 0 Å². The summed E-state index contributed by atoms with van der Waals surface area (Å²) in [5.74, 6) is -12.2. The average molecular weight is 1800 g/mol. The first-order valence-corrected chi connectivity index (χ1v) is 31.5. The molecule has 0 fully saturated rings. The van der Waals surface area contributed by atoms with Gasteiger partial charge in [-0.1, -0.05) is 269 Å².